The number of phenols is 1. The van der Waals surface area contributed by atoms with Crippen LogP contribution in [-0.4, -0.2) is 78.4 Å². The molecule has 9 nitrogen and oxygen atoms in total. The molecule has 0 spiro atoms. The van der Waals surface area contributed by atoms with Gasteiger partial charge in [0.15, 0.2) is 5.84 Å². The minimum Gasteiger partial charge on any atom is -0.507 e. The van der Waals surface area contributed by atoms with Gasteiger partial charge in [0.1, 0.15) is 17.3 Å². The monoisotopic (exact) mass is 522 g/mol. The summed E-state index contributed by atoms with van der Waals surface area (Å²) < 4.78 is 5.43. The average molecular weight is 523 g/mol. The van der Waals surface area contributed by atoms with Crippen molar-refractivity contribution in [3.8, 4) is 11.5 Å². The lowest BCUT2D eigenvalue weighted by atomic mass is 9.97. The zero-order chi connectivity index (χ0) is 28.0. The Balaban J connectivity index is 1.93. The number of amides is 1. The number of nitrogens with one attached hydrogen (secondary N) is 3. The van der Waals surface area contributed by atoms with Crippen LogP contribution in [-0.2, 0) is 11.3 Å². The molecular formula is C29H42N6O3. The second-order valence-electron chi connectivity index (χ2n) is 10.3. The molecular weight excluding hydrogens is 480 g/mol. The number of ether oxygens (including phenoxy) is 1. The van der Waals surface area contributed by atoms with Crippen LogP contribution >= 0.6 is 0 Å². The van der Waals surface area contributed by atoms with Crippen molar-refractivity contribution in [2.75, 3.05) is 44.7 Å². The Bertz CT molecular complexity index is 1140. The van der Waals surface area contributed by atoms with Crippen molar-refractivity contribution in [1.29, 1.82) is 10.8 Å². The molecule has 206 valence electrons. The third kappa shape index (κ3) is 6.90. The number of carbonyl (C=O) groups is 1. The molecule has 1 aliphatic heterocycles. The van der Waals surface area contributed by atoms with Gasteiger partial charge >= 0.3 is 0 Å². The number of rotatable bonds is 8. The van der Waals surface area contributed by atoms with Crippen LogP contribution in [0.25, 0.3) is 0 Å². The van der Waals surface area contributed by atoms with Gasteiger partial charge in [-0.15, -0.1) is 0 Å². The molecule has 0 radical (unpaired) electrons. The molecule has 38 heavy (non-hydrogen) atoms. The minimum atomic E-state index is -0.597. The summed E-state index contributed by atoms with van der Waals surface area (Å²) in [6.07, 6.45) is 0. The lowest BCUT2D eigenvalue weighted by molar-refractivity contribution is -0.115. The average Bonchev–Trinajstić information content (AvgIpc) is 2.89. The predicted octanol–water partition coefficient (Wildman–Crippen LogP) is 4.00. The third-order valence-electron chi connectivity index (χ3n) is 6.82. The maximum absolute atomic E-state index is 12.9. The lowest BCUT2D eigenvalue weighted by Gasteiger charge is -2.34. The number of anilines is 1. The molecule has 0 atom stereocenters. The highest BCUT2D eigenvalue weighted by molar-refractivity contribution is 6.48. The zero-order valence-electron chi connectivity index (χ0n) is 23.5. The number of hydrogen-bond donors (Lipinski definition) is 4. The van der Waals surface area contributed by atoms with E-state index < -0.39 is 11.7 Å². The summed E-state index contributed by atoms with van der Waals surface area (Å²) >= 11 is 0. The van der Waals surface area contributed by atoms with Crippen molar-refractivity contribution < 1.29 is 14.6 Å². The molecule has 1 fully saturated rings. The van der Waals surface area contributed by atoms with Gasteiger partial charge in [-0.05, 0) is 55.6 Å². The molecule has 1 amide bonds. The number of benzene rings is 2. The van der Waals surface area contributed by atoms with Gasteiger partial charge in [0.2, 0.25) is 0 Å². The summed E-state index contributed by atoms with van der Waals surface area (Å²) in [4.78, 5) is 19.0. The van der Waals surface area contributed by atoms with Crippen LogP contribution in [0, 0.1) is 10.8 Å². The summed E-state index contributed by atoms with van der Waals surface area (Å²) in [5.74, 6) is -0.709. The highest BCUT2D eigenvalue weighted by Gasteiger charge is 2.28. The SMILES string of the molecule is CCN1CCN(Cc2ccc(N(C(=N)C(=O)NC(C)C)C(=N)c3cc(C(C)C)c(OC)cc3O)cc2)CC1. The molecule has 0 bridgehead atoms. The normalized spacial score (nSPS) is 14.5. The Kier molecular flexibility index (Phi) is 9.88. The number of amidine groups is 2. The van der Waals surface area contributed by atoms with Crippen LogP contribution in [0.2, 0.25) is 0 Å². The van der Waals surface area contributed by atoms with Gasteiger partial charge in [0.05, 0.1) is 12.7 Å². The van der Waals surface area contributed by atoms with Gasteiger partial charge < -0.3 is 20.1 Å². The number of methoxy groups -OCH3 is 1. The van der Waals surface area contributed by atoms with Gasteiger partial charge in [-0.1, -0.05) is 32.9 Å². The van der Waals surface area contributed by atoms with Crippen LogP contribution in [0.5, 0.6) is 11.5 Å². The summed E-state index contributed by atoms with van der Waals surface area (Å²) in [5.41, 5.74) is 2.66. The first kappa shape index (κ1) is 29.1. The van der Waals surface area contributed by atoms with Gasteiger partial charge in [-0.2, -0.15) is 0 Å². The Hall–Kier alpha value is -3.43. The summed E-state index contributed by atoms with van der Waals surface area (Å²) in [6, 6.07) is 10.6. The second-order valence-corrected chi connectivity index (χ2v) is 10.3. The van der Waals surface area contributed by atoms with Crippen molar-refractivity contribution in [3.63, 3.8) is 0 Å². The molecule has 4 N–H and O–H groups in total. The zero-order valence-corrected chi connectivity index (χ0v) is 23.5. The molecule has 0 unspecified atom stereocenters. The lowest BCUT2D eigenvalue weighted by Crippen LogP contribution is -2.47. The third-order valence-corrected chi connectivity index (χ3v) is 6.82. The van der Waals surface area contributed by atoms with E-state index in [1.165, 1.54) is 18.1 Å². The van der Waals surface area contributed by atoms with E-state index in [1.807, 2.05) is 52.0 Å². The number of aromatic hydroxyl groups is 1. The molecule has 1 heterocycles. The molecule has 2 aromatic rings. The van der Waals surface area contributed by atoms with E-state index in [9.17, 15) is 9.90 Å². The fraction of sp³-hybridized carbons (Fsp3) is 0.483. The van der Waals surface area contributed by atoms with Crippen LogP contribution < -0.4 is 15.0 Å². The van der Waals surface area contributed by atoms with Gasteiger partial charge in [-0.3, -0.25) is 25.4 Å². The standard InChI is InChI=1S/C29H42N6O3/c1-7-33-12-14-34(15-13-33)18-21-8-10-22(11-9-21)35(28(31)29(37)32-20(4)5)27(30)24-16-23(19(2)3)26(38-6)17-25(24)36/h8-11,16-17,19-20,30-31,36H,7,12-15,18H2,1-6H3,(H,32,37). The maximum Gasteiger partial charge on any atom is 0.287 e. The number of carbonyl (C=O) groups excluding carboxylic acids is 1. The Morgan fingerprint density at radius 1 is 1.05 bits per heavy atom. The Morgan fingerprint density at radius 3 is 2.18 bits per heavy atom. The van der Waals surface area contributed by atoms with Crippen molar-refractivity contribution in [3.05, 3.63) is 53.1 Å². The van der Waals surface area contributed by atoms with Crippen molar-refractivity contribution in [2.45, 2.75) is 53.1 Å². The van der Waals surface area contributed by atoms with Crippen molar-refractivity contribution >= 4 is 23.3 Å². The highest BCUT2D eigenvalue weighted by atomic mass is 16.5. The quantitative estimate of drug-likeness (QED) is 0.308. The van der Waals surface area contributed by atoms with Crippen LogP contribution in [0.1, 0.15) is 57.2 Å². The molecule has 0 aliphatic carbocycles. The fourth-order valence-electron chi connectivity index (χ4n) is 4.60. The minimum absolute atomic E-state index is 0.0766. The molecule has 3 rings (SSSR count). The first-order valence-corrected chi connectivity index (χ1v) is 13.3. The molecule has 1 aliphatic rings. The summed E-state index contributed by atoms with van der Waals surface area (Å²) in [6.45, 7) is 15.9. The number of piperazine rings is 1. The van der Waals surface area contributed by atoms with E-state index in [0.717, 1.165) is 50.4 Å². The van der Waals surface area contributed by atoms with Crippen LogP contribution in [0.15, 0.2) is 36.4 Å². The molecule has 2 aromatic carbocycles. The number of nitrogens with zero attached hydrogens (tertiary/aromatic N) is 3. The van der Waals surface area contributed by atoms with E-state index in [1.54, 1.807) is 6.07 Å². The van der Waals surface area contributed by atoms with E-state index >= 15 is 0 Å². The predicted molar refractivity (Wildman–Crippen MR) is 153 cm³/mol. The summed E-state index contributed by atoms with van der Waals surface area (Å²) in [5, 5.41) is 31.3. The molecule has 1 saturated heterocycles. The largest absolute Gasteiger partial charge is 0.507 e. The maximum atomic E-state index is 12.9. The van der Waals surface area contributed by atoms with Crippen molar-refractivity contribution in [2.24, 2.45) is 0 Å². The fourth-order valence-corrected chi connectivity index (χ4v) is 4.60. The Morgan fingerprint density at radius 2 is 1.66 bits per heavy atom. The van der Waals surface area contributed by atoms with Gasteiger partial charge in [-0.25, -0.2) is 0 Å². The summed E-state index contributed by atoms with van der Waals surface area (Å²) in [7, 11) is 1.54. The van der Waals surface area contributed by atoms with Gasteiger partial charge in [0.25, 0.3) is 5.91 Å². The molecule has 9 heteroatoms. The highest BCUT2D eigenvalue weighted by Crippen LogP contribution is 2.34. The number of likely N-dealkylation sites (N-methyl/N-ethyl adjacent to an activating group) is 1. The van der Waals surface area contributed by atoms with Crippen LogP contribution in [0.3, 0.4) is 0 Å². The second kappa shape index (κ2) is 12.9. The van der Waals surface area contributed by atoms with E-state index in [-0.39, 0.29) is 29.1 Å². The van der Waals surface area contributed by atoms with E-state index in [0.29, 0.717) is 11.4 Å². The first-order chi connectivity index (χ1) is 18.0. The first-order valence-electron chi connectivity index (χ1n) is 13.3. The number of phenolic OH excluding ortho intramolecular Hbond substituents is 1. The van der Waals surface area contributed by atoms with Gasteiger partial charge in [0, 0.05) is 50.5 Å². The van der Waals surface area contributed by atoms with Crippen LogP contribution in [0.4, 0.5) is 5.69 Å². The van der Waals surface area contributed by atoms with E-state index in [2.05, 4.69) is 22.0 Å². The van der Waals surface area contributed by atoms with E-state index in [4.69, 9.17) is 15.6 Å². The van der Waals surface area contributed by atoms with Crippen molar-refractivity contribution in [1.82, 2.24) is 15.1 Å². The molecule has 0 aromatic heterocycles. The molecule has 0 saturated carbocycles. The smallest absolute Gasteiger partial charge is 0.287 e. The Labute approximate surface area is 226 Å². The topological polar surface area (TPSA) is 116 Å². The number of hydrogen-bond acceptors (Lipinski definition) is 7.